The van der Waals surface area contributed by atoms with Gasteiger partial charge in [-0.05, 0) is 36.7 Å². The molecule has 0 amide bonds. The van der Waals surface area contributed by atoms with Crippen molar-refractivity contribution in [2.24, 2.45) is 5.84 Å². The molecule has 1 unspecified atom stereocenters. The van der Waals surface area contributed by atoms with E-state index >= 15 is 0 Å². The number of ether oxygens (including phenoxy) is 1. The van der Waals surface area contributed by atoms with Crippen molar-refractivity contribution in [1.82, 2.24) is 14.9 Å². The number of aromatic nitrogens is 1. The second kappa shape index (κ2) is 12.7. The number of hydrazine groups is 1. The van der Waals surface area contributed by atoms with Gasteiger partial charge in [0.05, 0.1) is 23.9 Å². The van der Waals surface area contributed by atoms with E-state index in [9.17, 15) is 0 Å². The third-order valence-corrected chi connectivity index (χ3v) is 5.16. The van der Waals surface area contributed by atoms with Crippen molar-refractivity contribution in [3.05, 3.63) is 84.1 Å². The summed E-state index contributed by atoms with van der Waals surface area (Å²) in [7, 11) is 0. The maximum absolute atomic E-state index is 9.05. The smallest absolute Gasteiger partial charge is 0.237 e. The molecule has 0 bridgehead atoms. The van der Waals surface area contributed by atoms with E-state index in [-0.39, 0.29) is 6.10 Å². The van der Waals surface area contributed by atoms with Gasteiger partial charge in [-0.3, -0.25) is 5.21 Å². The van der Waals surface area contributed by atoms with Crippen molar-refractivity contribution < 1.29 is 9.94 Å². The number of nitrogens with two attached hydrogens (primary N) is 1. The van der Waals surface area contributed by atoms with E-state index in [1.54, 1.807) is 6.20 Å². The molecule has 0 radical (unpaired) electrons. The highest BCUT2D eigenvalue weighted by atomic mass is 32.2. The third-order valence-electron chi connectivity index (χ3n) is 4.54. The van der Waals surface area contributed by atoms with E-state index in [0.29, 0.717) is 34.0 Å². The highest BCUT2D eigenvalue weighted by molar-refractivity contribution is 7.96. The Bertz CT molecular complexity index is 969. The van der Waals surface area contributed by atoms with Crippen LogP contribution in [0.4, 0.5) is 5.69 Å². The van der Waals surface area contributed by atoms with Crippen molar-refractivity contribution in [1.29, 1.82) is 5.26 Å². The summed E-state index contributed by atoms with van der Waals surface area (Å²) in [6.07, 6.45) is 2.47. The highest BCUT2D eigenvalue weighted by Crippen LogP contribution is 2.30. The molecule has 1 aliphatic heterocycles. The minimum atomic E-state index is -0.0154. The lowest BCUT2D eigenvalue weighted by atomic mass is 10.1. The number of pyridine rings is 1. The lowest BCUT2D eigenvalue weighted by molar-refractivity contribution is 0.0164. The van der Waals surface area contributed by atoms with Gasteiger partial charge in [0.25, 0.3) is 0 Å². The van der Waals surface area contributed by atoms with E-state index in [0.717, 1.165) is 30.6 Å². The molecule has 0 saturated carbocycles. The summed E-state index contributed by atoms with van der Waals surface area (Å²) in [5.41, 5.74) is 2.65. The van der Waals surface area contributed by atoms with Gasteiger partial charge in [-0.1, -0.05) is 53.1 Å². The second-order valence-corrected chi connectivity index (χ2v) is 7.98. The van der Waals surface area contributed by atoms with Crippen LogP contribution in [-0.2, 0) is 6.42 Å². The Balaban J connectivity index is 0.000000416. The van der Waals surface area contributed by atoms with Crippen LogP contribution in [0.5, 0.6) is 5.88 Å². The molecule has 8 nitrogen and oxygen atoms in total. The molecule has 2 heterocycles. The first-order valence-electron chi connectivity index (χ1n) is 10.2. The maximum Gasteiger partial charge on any atom is 0.237 e. The Morgan fingerprint density at radius 1 is 1.22 bits per heavy atom. The summed E-state index contributed by atoms with van der Waals surface area (Å²) in [4.78, 5) is 4.97. The lowest BCUT2D eigenvalue weighted by Gasteiger charge is -2.27. The number of anilines is 1. The first-order valence-corrected chi connectivity index (χ1v) is 10.9. The predicted octanol–water partition coefficient (Wildman–Crippen LogP) is 3.22. The first kappa shape index (κ1) is 23.5. The van der Waals surface area contributed by atoms with Gasteiger partial charge in [-0.15, -0.1) is 0 Å². The standard InChI is InChI=1S/C17H20N6O2S.C6H6/c18-8-13-3-1-12(2-4-13)5-6-20-9-14-10-21-16-7-15(26-23(19)24)11-22-17(16)25-14;1-2-4-6-5-3-1/h1-4,7,11,14,20-21,24H,5-6,9-10,19H2;1-6H. The fourth-order valence-corrected chi connectivity index (χ4v) is 3.46. The fraction of sp³-hybridized carbons (Fsp3) is 0.217. The molecule has 32 heavy (non-hydrogen) atoms. The minimum absolute atomic E-state index is 0.0154. The van der Waals surface area contributed by atoms with Gasteiger partial charge >= 0.3 is 0 Å². The minimum Gasteiger partial charge on any atom is -0.470 e. The van der Waals surface area contributed by atoms with Gasteiger partial charge in [-0.25, -0.2) is 10.8 Å². The molecule has 0 aliphatic carbocycles. The van der Waals surface area contributed by atoms with E-state index < -0.39 is 0 Å². The Hall–Kier alpha value is -3.13. The van der Waals surface area contributed by atoms with Crippen LogP contribution in [0.1, 0.15) is 11.1 Å². The predicted molar refractivity (Wildman–Crippen MR) is 125 cm³/mol. The number of hydrogen-bond acceptors (Lipinski definition) is 9. The van der Waals surface area contributed by atoms with Crippen LogP contribution in [0.2, 0.25) is 0 Å². The molecule has 1 atom stereocenters. The van der Waals surface area contributed by atoms with Gasteiger partial charge < -0.3 is 15.4 Å². The number of nitriles is 1. The average molecular weight is 451 g/mol. The van der Waals surface area contributed by atoms with Crippen LogP contribution in [-0.4, -0.2) is 40.5 Å². The van der Waals surface area contributed by atoms with Crippen molar-refractivity contribution in [2.45, 2.75) is 17.4 Å². The molecule has 1 aliphatic rings. The normalized spacial score (nSPS) is 14.2. The average Bonchev–Trinajstić information content (AvgIpc) is 2.83. The Labute approximate surface area is 192 Å². The maximum atomic E-state index is 9.05. The zero-order valence-electron chi connectivity index (χ0n) is 17.5. The molecular formula is C23H26N6O2S. The van der Waals surface area contributed by atoms with Crippen LogP contribution in [0.25, 0.3) is 0 Å². The number of fused-ring (bicyclic) bond motifs is 1. The quantitative estimate of drug-likeness (QED) is 0.186. The second-order valence-electron chi connectivity index (χ2n) is 6.96. The molecule has 9 heteroatoms. The van der Waals surface area contributed by atoms with Crippen LogP contribution < -0.4 is 21.2 Å². The zero-order chi connectivity index (χ0) is 22.6. The molecule has 0 fully saturated rings. The summed E-state index contributed by atoms with van der Waals surface area (Å²) in [6, 6.07) is 23.6. The molecule has 5 N–H and O–H groups in total. The van der Waals surface area contributed by atoms with Gasteiger partial charge in [0.1, 0.15) is 6.10 Å². The van der Waals surface area contributed by atoms with Crippen LogP contribution in [0, 0.1) is 11.3 Å². The van der Waals surface area contributed by atoms with Crippen molar-refractivity contribution in [3.8, 4) is 11.9 Å². The van der Waals surface area contributed by atoms with Crippen LogP contribution in [0.3, 0.4) is 0 Å². The lowest BCUT2D eigenvalue weighted by Crippen LogP contribution is -2.40. The monoisotopic (exact) mass is 450 g/mol. The molecule has 2 aromatic carbocycles. The molecule has 0 saturated heterocycles. The van der Waals surface area contributed by atoms with Crippen LogP contribution in [0.15, 0.2) is 77.8 Å². The Morgan fingerprint density at radius 2 is 1.91 bits per heavy atom. The summed E-state index contributed by atoms with van der Waals surface area (Å²) in [5, 5.41) is 24.5. The number of nitrogens with one attached hydrogen (secondary N) is 2. The van der Waals surface area contributed by atoms with Gasteiger partial charge in [0.15, 0.2) is 0 Å². The third kappa shape index (κ3) is 7.85. The van der Waals surface area contributed by atoms with Crippen molar-refractivity contribution in [3.63, 3.8) is 0 Å². The number of hydrogen-bond donors (Lipinski definition) is 4. The molecular weight excluding hydrogens is 424 g/mol. The Morgan fingerprint density at radius 3 is 2.53 bits per heavy atom. The molecule has 0 spiro atoms. The SMILES string of the molecule is N#Cc1ccc(CCNCC2CNc3cc(SN(N)O)cnc3O2)cc1.c1ccccc1. The van der Waals surface area contributed by atoms with E-state index in [1.807, 2.05) is 66.7 Å². The summed E-state index contributed by atoms with van der Waals surface area (Å²) < 4.78 is 6.42. The molecule has 3 aromatic rings. The van der Waals surface area contributed by atoms with Gasteiger partial charge in [0.2, 0.25) is 5.88 Å². The molecule has 166 valence electrons. The molecule has 1 aromatic heterocycles. The number of nitrogens with zero attached hydrogens (tertiary/aromatic N) is 3. The van der Waals surface area contributed by atoms with E-state index in [2.05, 4.69) is 21.7 Å². The zero-order valence-corrected chi connectivity index (χ0v) is 18.3. The topological polar surface area (TPSA) is 119 Å². The fourth-order valence-electron chi connectivity index (χ4n) is 2.98. The van der Waals surface area contributed by atoms with Gasteiger partial charge in [0, 0.05) is 29.6 Å². The van der Waals surface area contributed by atoms with Gasteiger partial charge in [-0.2, -0.15) is 5.26 Å². The number of rotatable bonds is 7. The summed E-state index contributed by atoms with van der Waals surface area (Å²) in [5.74, 6) is 5.74. The summed E-state index contributed by atoms with van der Waals surface area (Å²) >= 11 is 0.968. The van der Waals surface area contributed by atoms with Crippen LogP contribution >= 0.6 is 11.9 Å². The Kier molecular flexibility index (Phi) is 9.31. The first-order chi connectivity index (χ1) is 15.6. The van der Waals surface area contributed by atoms with Crippen molar-refractivity contribution >= 4 is 17.6 Å². The molecule has 4 rings (SSSR count). The van der Waals surface area contributed by atoms with Crippen molar-refractivity contribution in [2.75, 3.05) is 25.0 Å². The summed E-state index contributed by atoms with van der Waals surface area (Å²) in [6.45, 7) is 2.19. The van der Waals surface area contributed by atoms with E-state index in [1.165, 1.54) is 5.56 Å². The van der Waals surface area contributed by atoms with E-state index in [4.69, 9.17) is 21.0 Å². The highest BCUT2D eigenvalue weighted by Gasteiger charge is 2.20. The number of benzene rings is 2. The largest absolute Gasteiger partial charge is 0.470 e.